The fourth-order valence-electron chi connectivity index (χ4n) is 5.92. The van der Waals surface area contributed by atoms with E-state index in [1.165, 1.54) is 14.0 Å². The largest absolute Gasteiger partial charge is 0.460 e. The van der Waals surface area contributed by atoms with Gasteiger partial charge in [-0.3, -0.25) is 4.79 Å². The molecule has 1 saturated carbocycles. The van der Waals surface area contributed by atoms with E-state index in [-0.39, 0.29) is 11.8 Å². The molecule has 3 fully saturated rings. The van der Waals surface area contributed by atoms with Gasteiger partial charge in [0.05, 0.1) is 24.4 Å². The number of rotatable bonds is 8. The third-order valence-electron chi connectivity index (χ3n) is 8.09. The summed E-state index contributed by atoms with van der Waals surface area (Å²) in [5, 5.41) is 55.4. The van der Waals surface area contributed by atoms with Crippen LogP contribution < -0.4 is 5.32 Å². The van der Waals surface area contributed by atoms with Gasteiger partial charge in [0.2, 0.25) is 5.91 Å². The Hall–Kier alpha value is -1.42. The molecule has 13 heteroatoms. The molecular weight excluding hydrogens is 518 g/mol. The molecule has 0 radical (unpaired) electrons. The molecule has 0 spiro atoms. The van der Waals surface area contributed by atoms with Gasteiger partial charge in [0.1, 0.15) is 42.7 Å². The molecule has 0 bridgehead atoms. The number of carbonyl (C=O) groups is 2. The Morgan fingerprint density at radius 2 is 1.69 bits per heavy atom. The average molecular weight is 564 g/mol. The molecule has 13 atom stereocenters. The molecule has 0 aromatic carbocycles. The van der Waals surface area contributed by atoms with E-state index in [4.69, 9.17) is 23.7 Å². The van der Waals surface area contributed by atoms with Crippen LogP contribution in [0.25, 0.3) is 0 Å². The fraction of sp³-hybridized carbons (Fsp3) is 0.923. The van der Waals surface area contributed by atoms with Crippen molar-refractivity contribution in [2.24, 2.45) is 11.8 Å². The zero-order valence-electron chi connectivity index (χ0n) is 23.4. The lowest BCUT2D eigenvalue weighted by Crippen LogP contribution is -2.67. The number of ether oxygens (including phenoxy) is 5. The molecule has 0 aromatic rings. The summed E-state index contributed by atoms with van der Waals surface area (Å²) in [7, 11) is 1.25. The number of carbonyl (C=O) groups excluding carboxylic acids is 2. The Morgan fingerprint density at radius 1 is 1.03 bits per heavy atom. The third kappa shape index (κ3) is 7.27. The van der Waals surface area contributed by atoms with Crippen LogP contribution in [-0.2, 0) is 33.3 Å². The van der Waals surface area contributed by atoms with Gasteiger partial charge >= 0.3 is 5.97 Å². The highest BCUT2D eigenvalue weighted by molar-refractivity contribution is 5.76. The minimum absolute atomic E-state index is 0.262. The van der Waals surface area contributed by atoms with Gasteiger partial charge in [0, 0.05) is 20.0 Å². The molecule has 3 aliphatic rings. The SMILES string of the molecule is COC1C(C(=O)OC2CC(C)CCC2C(C)(C)O)OC(OC2C(O)C(CO)O[C@H](C)C2NC(C)=O)C(O)C1O. The number of hydrogen-bond donors (Lipinski definition) is 6. The van der Waals surface area contributed by atoms with E-state index in [1.807, 2.05) is 6.92 Å². The molecule has 3 rings (SSSR count). The van der Waals surface area contributed by atoms with E-state index < -0.39 is 91.4 Å². The summed E-state index contributed by atoms with van der Waals surface area (Å²) in [5.74, 6) is -1.36. The van der Waals surface area contributed by atoms with Gasteiger partial charge in [-0.05, 0) is 39.5 Å². The van der Waals surface area contributed by atoms with Crippen LogP contribution >= 0.6 is 0 Å². The zero-order chi connectivity index (χ0) is 29.2. The minimum Gasteiger partial charge on any atom is -0.460 e. The maximum absolute atomic E-state index is 13.4. The molecule has 39 heavy (non-hydrogen) atoms. The van der Waals surface area contributed by atoms with Crippen molar-refractivity contribution in [2.75, 3.05) is 13.7 Å². The van der Waals surface area contributed by atoms with Gasteiger partial charge in [-0.15, -0.1) is 0 Å². The highest BCUT2D eigenvalue weighted by atomic mass is 16.7. The van der Waals surface area contributed by atoms with E-state index in [0.717, 1.165) is 6.42 Å². The van der Waals surface area contributed by atoms with Crippen molar-refractivity contribution in [3.05, 3.63) is 0 Å². The van der Waals surface area contributed by atoms with Crippen molar-refractivity contribution < 1.29 is 58.8 Å². The molecule has 1 aliphatic carbocycles. The van der Waals surface area contributed by atoms with Crippen LogP contribution in [0.5, 0.6) is 0 Å². The van der Waals surface area contributed by atoms with Crippen molar-refractivity contribution in [3.63, 3.8) is 0 Å². The first kappa shape index (κ1) is 32.1. The quantitative estimate of drug-likeness (QED) is 0.189. The van der Waals surface area contributed by atoms with E-state index in [0.29, 0.717) is 12.8 Å². The number of hydrogen-bond acceptors (Lipinski definition) is 12. The molecule has 1 amide bonds. The molecular formula is C26H45NO12. The lowest BCUT2D eigenvalue weighted by atomic mass is 9.73. The van der Waals surface area contributed by atoms with E-state index in [9.17, 15) is 35.1 Å². The summed E-state index contributed by atoms with van der Waals surface area (Å²) in [6.45, 7) is 7.71. The molecule has 6 N–H and O–H groups in total. The van der Waals surface area contributed by atoms with Crippen LogP contribution in [0.1, 0.15) is 53.9 Å². The van der Waals surface area contributed by atoms with Gasteiger partial charge in [-0.25, -0.2) is 4.79 Å². The Bertz CT molecular complexity index is 836. The van der Waals surface area contributed by atoms with Crippen LogP contribution in [0, 0.1) is 11.8 Å². The van der Waals surface area contributed by atoms with Crippen molar-refractivity contribution in [3.8, 4) is 0 Å². The normalized spacial score (nSPS) is 43.5. The number of esters is 1. The number of nitrogens with one attached hydrogen (secondary N) is 1. The summed E-state index contributed by atoms with van der Waals surface area (Å²) in [6.07, 6.45) is -10.8. The number of aliphatic hydroxyl groups is 5. The summed E-state index contributed by atoms with van der Waals surface area (Å²) >= 11 is 0. The zero-order valence-corrected chi connectivity index (χ0v) is 23.4. The monoisotopic (exact) mass is 563 g/mol. The molecule has 2 aliphatic heterocycles. The summed E-state index contributed by atoms with van der Waals surface area (Å²) in [4.78, 5) is 25.2. The first-order valence-corrected chi connectivity index (χ1v) is 13.5. The minimum atomic E-state index is -1.70. The molecule has 2 heterocycles. The Labute approximate surface area is 228 Å². The fourth-order valence-corrected chi connectivity index (χ4v) is 5.92. The van der Waals surface area contributed by atoms with Crippen LogP contribution in [0.3, 0.4) is 0 Å². The van der Waals surface area contributed by atoms with Crippen molar-refractivity contribution >= 4 is 11.9 Å². The van der Waals surface area contributed by atoms with Crippen LogP contribution in [0.2, 0.25) is 0 Å². The van der Waals surface area contributed by atoms with Crippen molar-refractivity contribution in [1.82, 2.24) is 5.32 Å². The predicted molar refractivity (Wildman–Crippen MR) is 134 cm³/mol. The van der Waals surface area contributed by atoms with Crippen LogP contribution in [-0.4, -0.2) is 124 Å². The Balaban J connectivity index is 1.83. The highest BCUT2D eigenvalue weighted by Crippen LogP contribution is 2.38. The van der Waals surface area contributed by atoms with Gasteiger partial charge in [-0.1, -0.05) is 13.3 Å². The third-order valence-corrected chi connectivity index (χ3v) is 8.09. The standard InChI is InChI=1S/C26H45NO12/c1-11-7-8-14(26(4,5)34)15(9-11)37-24(33)23-22(35-6)19(31)20(32)25(39-23)38-21-17(27-13(3)29)12(2)36-16(10-28)18(21)30/h11-12,14-23,25,28,30-32,34H,7-10H2,1-6H3,(H,27,29)/t11?,12-,14?,15?,16?,17?,18?,19?,20?,21?,22?,23?,25?/m1/s1. The van der Waals surface area contributed by atoms with Gasteiger partial charge in [-0.2, -0.15) is 0 Å². The molecule has 12 unspecified atom stereocenters. The topological polar surface area (TPSA) is 193 Å². The Morgan fingerprint density at radius 3 is 2.26 bits per heavy atom. The van der Waals surface area contributed by atoms with Crippen LogP contribution in [0.15, 0.2) is 0 Å². The maximum Gasteiger partial charge on any atom is 0.338 e. The lowest BCUT2D eigenvalue weighted by Gasteiger charge is -2.47. The lowest BCUT2D eigenvalue weighted by molar-refractivity contribution is -0.329. The first-order valence-electron chi connectivity index (χ1n) is 13.5. The summed E-state index contributed by atoms with van der Waals surface area (Å²) < 4.78 is 28.4. The first-order chi connectivity index (χ1) is 18.2. The van der Waals surface area contributed by atoms with Crippen molar-refractivity contribution in [2.45, 2.75) is 127 Å². The summed E-state index contributed by atoms with van der Waals surface area (Å²) in [5.41, 5.74) is -1.10. The molecule has 13 nitrogen and oxygen atoms in total. The second-order valence-electron chi connectivity index (χ2n) is 11.6. The van der Waals surface area contributed by atoms with E-state index >= 15 is 0 Å². The van der Waals surface area contributed by atoms with E-state index in [1.54, 1.807) is 20.8 Å². The summed E-state index contributed by atoms with van der Waals surface area (Å²) in [6, 6.07) is -0.907. The smallest absolute Gasteiger partial charge is 0.338 e. The second kappa shape index (κ2) is 13.0. The maximum atomic E-state index is 13.4. The van der Waals surface area contributed by atoms with Gasteiger partial charge < -0.3 is 54.5 Å². The second-order valence-corrected chi connectivity index (χ2v) is 11.6. The number of methoxy groups -OCH3 is 1. The number of amides is 1. The van der Waals surface area contributed by atoms with Gasteiger partial charge in [0.15, 0.2) is 12.4 Å². The predicted octanol–water partition coefficient (Wildman–Crippen LogP) is -1.40. The van der Waals surface area contributed by atoms with Crippen molar-refractivity contribution in [1.29, 1.82) is 0 Å². The Kier molecular flexibility index (Phi) is 10.7. The molecule has 226 valence electrons. The molecule has 2 saturated heterocycles. The average Bonchev–Trinajstić information content (AvgIpc) is 2.84. The van der Waals surface area contributed by atoms with Gasteiger partial charge in [0.25, 0.3) is 0 Å². The molecule has 0 aromatic heterocycles. The van der Waals surface area contributed by atoms with E-state index in [2.05, 4.69) is 5.32 Å². The van der Waals surface area contributed by atoms with Crippen LogP contribution in [0.4, 0.5) is 0 Å². The highest BCUT2D eigenvalue weighted by Gasteiger charge is 2.53. The number of aliphatic hydroxyl groups excluding tert-OH is 4.